The van der Waals surface area contributed by atoms with Crippen molar-refractivity contribution >= 4 is 23.2 Å². The third-order valence-electron chi connectivity index (χ3n) is 3.00. The fourth-order valence-electron chi connectivity index (χ4n) is 1.87. The van der Waals surface area contributed by atoms with Crippen LogP contribution < -0.4 is 0 Å². The topological polar surface area (TPSA) is 0 Å². The summed E-state index contributed by atoms with van der Waals surface area (Å²) in [6.07, 6.45) is 8.96. The Morgan fingerprint density at radius 2 is 1.74 bits per heavy atom. The maximum atomic E-state index is 6.00. The van der Waals surface area contributed by atoms with Crippen LogP contribution >= 0.6 is 23.2 Å². The summed E-state index contributed by atoms with van der Waals surface area (Å²) in [6, 6.07) is 5.86. The lowest BCUT2D eigenvalue weighted by Crippen LogP contribution is -1.85. The smallest absolute Gasteiger partial charge is 0.0595 e. The van der Waals surface area contributed by atoms with E-state index in [0.717, 1.165) is 25.7 Å². The second kappa shape index (κ2) is 8.45. The second-order valence-electron chi connectivity index (χ2n) is 5.16. The highest BCUT2D eigenvalue weighted by Gasteiger charge is 1.99. The minimum Gasteiger partial charge on any atom is -0.0856 e. The summed E-state index contributed by atoms with van der Waals surface area (Å²) in [7, 11) is 0. The molecule has 0 N–H and O–H groups in total. The molecule has 0 unspecified atom stereocenters. The van der Waals surface area contributed by atoms with Gasteiger partial charge in [0.1, 0.15) is 0 Å². The van der Waals surface area contributed by atoms with Crippen molar-refractivity contribution in [2.75, 3.05) is 0 Å². The Labute approximate surface area is 127 Å². The number of rotatable bonds is 6. The fourth-order valence-corrected chi connectivity index (χ4v) is 2.19. The van der Waals surface area contributed by atoms with Gasteiger partial charge >= 0.3 is 0 Å². The lowest BCUT2D eigenvalue weighted by Gasteiger charge is -2.02. The van der Waals surface area contributed by atoms with Crippen molar-refractivity contribution in [1.29, 1.82) is 0 Å². The minimum absolute atomic E-state index is 0.624. The summed E-state index contributed by atoms with van der Waals surface area (Å²) in [4.78, 5) is 0. The molecule has 0 radical (unpaired) electrons. The monoisotopic (exact) mass is 296 g/mol. The number of aryl methyl sites for hydroxylation is 1. The molecule has 0 heterocycles. The zero-order chi connectivity index (χ0) is 14.3. The zero-order valence-corrected chi connectivity index (χ0v) is 13.5. The normalized spacial score (nSPS) is 11.5. The Bertz CT molecular complexity index is 466. The molecule has 0 amide bonds. The first-order valence-electron chi connectivity index (χ1n) is 6.72. The predicted octanol–water partition coefficient (Wildman–Crippen LogP) is 6.62. The van der Waals surface area contributed by atoms with Crippen LogP contribution in [0.4, 0.5) is 0 Å². The Hall–Kier alpha value is -0.720. The van der Waals surface area contributed by atoms with E-state index in [1.54, 1.807) is 0 Å². The molecule has 0 aliphatic heterocycles. The van der Waals surface area contributed by atoms with Gasteiger partial charge < -0.3 is 0 Å². The molecule has 0 fully saturated rings. The van der Waals surface area contributed by atoms with Crippen molar-refractivity contribution in [3.8, 4) is 0 Å². The van der Waals surface area contributed by atoms with Crippen molar-refractivity contribution in [2.45, 2.75) is 46.5 Å². The van der Waals surface area contributed by atoms with E-state index in [-0.39, 0.29) is 0 Å². The standard InChI is InChI=1S/C17H22Cl2/c1-13(2)6-4-7-14(3)8-5-9-15-10-11-16(18)17(19)12-15/h6,8,10-12H,4-5,7,9H2,1-3H3/b14-8+. The number of allylic oxidation sites excluding steroid dienone is 4. The Morgan fingerprint density at radius 1 is 1.00 bits per heavy atom. The van der Waals surface area contributed by atoms with E-state index in [0.29, 0.717) is 10.0 Å². The van der Waals surface area contributed by atoms with Crippen LogP contribution in [0.3, 0.4) is 0 Å². The van der Waals surface area contributed by atoms with Gasteiger partial charge in [0.05, 0.1) is 10.0 Å². The number of hydrogen-bond acceptors (Lipinski definition) is 0. The SMILES string of the molecule is CC(C)=CCC/C(C)=C/CCc1ccc(Cl)c(Cl)c1. The second-order valence-corrected chi connectivity index (χ2v) is 5.97. The maximum Gasteiger partial charge on any atom is 0.0595 e. The molecule has 0 nitrogen and oxygen atoms in total. The predicted molar refractivity (Wildman–Crippen MR) is 87.2 cm³/mol. The minimum atomic E-state index is 0.624. The summed E-state index contributed by atoms with van der Waals surface area (Å²) in [5.74, 6) is 0. The molecule has 0 bridgehead atoms. The average Bonchev–Trinajstić information content (AvgIpc) is 2.33. The Kier molecular flexibility index (Phi) is 7.27. The quantitative estimate of drug-likeness (QED) is 0.518. The Balaban J connectivity index is 2.39. The van der Waals surface area contributed by atoms with E-state index in [4.69, 9.17) is 23.2 Å². The van der Waals surface area contributed by atoms with Crippen LogP contribution in [-0.2, 0) is 6.42 Å². The van der Waals surface area contributed by atoms with Gasteiger partial charge in [0, 0.05) is 0 Å². The van der Waals surface area contributed by atoms with Crippen LogP contribution in [0.1, 0.15) is 45.6 Å². The van der Waals surface area contributed by atoms with Crippen LogP contribution in [0.5, 0.6) is 0 Å². The molecule has 0 spiro atoms. The summed E-state index contributed by atoms with van der Waals surface area (Å²) < 4.78 is 0. The lowest BCUT2D eigenvalue weighted by molar-refractivity contribution is 0.926. The van der Waals surface area contributed by atoms with Crippen molar-refractivity contribution in [1.82, 2.24) is 0 Å². The molecular weight excluding hydrogens is 275 g/mol. The third-order valence-corrected chi connectivity index (χ3v) is 3.74. The van der Waals surface area contributed by atoms with E-state index in [9.17, 15) is 0 Å². The molecule has 19 heavy (non-hydrogen) atoms. The zero-order valence-electron chi connectivity index (χ0n) is 12.0. The molecule has 1 rings (SSSR count). The Morgan fingerprint density at radius 3 is 2.37 bits per heavy atom. The van der Waals surface area contributed by atoms with Gasteiger partial charge in [-0.3, -0.25) is 0 Å². The third kappa shape index (κ3) is 6.84. The highest BCUT2D eigenvalue weighted by Crippen LogP contribution is 2.23. The summed E-state index contributed by atoms with van der Waals surface area (Å²) >= 11 is 11.9. The van der Waals surface area contributed by atoms with Crippen LogP contribution in [0, 0.1) is 0 Å². The molecule has 0 saturated heterocycles. The first-order chi connectivity index (χ1) is 8.99. The van der Waals surface area contributed by atoms with E-state index >= 15 is 0 Å². The van der Waals surface area contributed by atoms with E-state index < -0.39 is 0 Å². The first-order valence-corrected chi connectivity index (χ1v) is 7.47. The number of halogens is 2. The van der Waals surface area contributed by atoms with Crippen molar-refractivity contribution < 1.29 is 0 Å². The van der Waals surface area contributed by atoms with Gasteiger partial charge in [-0.25, -0.2) is 0 Å². The summed E-state index contributed by atoms with van der Waals surface area (Å²) in [5, 5.41) is 1.27. The summed E-state index contributed by atoms with van der Waals surface area (Å²) in [6.45, 7) is 6.49. The van der Waals surface area contributed by atoms with E-state index in [1.807, 2.05) is 18.2 Å². The molecule has 1 aromatic carbocycles. The van der Waals surface area contributed by atoms with Crippen LogP contribution in [0.25, 0.3) is 0 Å². The van der Waals surface area contributed by atoms with Gasteiger partial charge in [0.15, 0.2) is 0 Å². The van der Waals surface area contributed by atoms with Crippen molar-refractivity contribution in [2.24, 2.45) is 0 Å². The molecule has 0 saturated carbocycles. The lowest BCUT2D eigenvalue weighted by atomic mass is 10.1. The fraction of sp³-hybridized carbons (Fsp3) is 0.412. The molecule has 0 aliphatic rings. The molecule has 0 aliphatic carbocycles. The van der Waals surface area contributed by atoms with Gasteiger partial charge in [-0.05, 0) is 64.2 Å². The van der Waals surface area contributed by atoms with Gasteiger partial charge in [-0.15, -0.1) is 0 Å². The highest BCUT2D eigenvalue weighted by molar-refractivity contribution is 6.42. The first kappa shape index (κ1) is 16.3. The molecule has 0 aromatic heterocycles. The van der Waals surface area contributed by atoms with Crippen LogP contribution in [0.15, 0.2) is 41.5 Å². The van der Waals surface area contributed by atoms with Gasteiger partial charge in [-0.2, -0.15) is 0 Å². The van der Waals surface area contributed by atoms with Crippen LogP contribution in [-0.4, -0.2) is 0 Å². The molecule has 1 aromatic rings. The molecule has 2 heteroatoms. The largest absolute Gasteiger partial charge is 0.0856 e. The molecular formula is C17H22Cl2. The van der Waals surface area contributed by atoms with E-state index in [2.05, 4.69) is 32.9 Å². The highest BCUT2D eigenvalue weighted by atomic mass is 35.5. The van der Waals surface area contributed by atoms with Gasteiger partial charge in [-0.1, -0.05) is 52.6 Å². The molecule has 104 valence electrons. The molecule has 0 atom stereocenters. The van der Waals surface area contributed by atoms with Crippen molar-refractivity contribution in [3.05, 3.63) is 57.1 Å². The van der Waals surface area contributed by atoms with Crippen molar-refractivity contribution in [3.63, 3.8) is 0 Å². The average molecular weight is 297 g/mol. The maximum absolute atomic E-state index is 6.00. The van der Waals surface area contributed by atoms with Gasteiger partial charge in [0.25, 0.3) is 0 Å². The van der Waals surface area contributed by atoms with E-state index in [1.165, 1.54) is 16.7 Å². The van der Waals surface area contributed by atoms with Gasteiger partial charge in [0.2, 0.25) is 0 Å². The number of benzene rings is 1. The number of hydrogen-bond donors (Lipinski definition) is 0. The summed E-state index contributed by atoms with van der Waals surface area (Å²) in [5.41, 5.74) is 4.09. The van der Waals surface area contributed by atoms with Crippen LogP contribution in [0.2, 0.25) is 10.0 Å².